The van der Waals surface area contributed by atoms with Crippen molar-refractivity contribution in [1.29, 1.82) is 0 Å². The number of halogens is 2. The Morgan fingerprint density at radius 1 is 1.20 bits per heavy atom. The molecule has 25 heavy (non-hydrogen) atoms. The fourth-order valence-corrected chi connectivity index (χ4v) is 3.06. The second-order valence-electron chi connectivity index (χ2n) is 5.20. The van der Waals surface area contributed by atoms with Gasteiger partial charge in [-0.1, -0.05) is 27.5 Å². The molecule has 0 aliphatic heterocycles. The zero-order valence-electron chi connectivity index (χ0n) is 13.2. The van der Waals surface area contributed by atoms with Gasteiger partial charge in [-0.25, -0.2) is 0 Å². The molecule has 0 fully saturated rings. The van der Waals surface area contributed by atoms with Gasteiger partial charge in [0.15, 0.2) is 5.76 Å². The number of benzene rings is 2. The van der Waals surface area contributed by atoms with Crippen LogP contribution in [0.4, 0.5) is 11.4 Å². The van der Waals surface area contributed by atoms with Crippen molar-refractivity contribution in [2.75, 3.05) is 18.2 Å². The lowest BCUT2D eigenvalue weighted by molar-refractivity contribution is 0.0997. The third-order valence-corrected chi connectivity index (χ3v) is 4.31. The number of nitrogens with two attached hydrogens (primary N) is 1. The van der Waals surface area contributed by atoms with E-state index in [9.17, 15) is 4.79 Å². The van der Waals surface area contributed by atoms with Crippen LogP contribution < -0.4 is 15.8 Å². The van der Waals surface area contributed by atoms with E-state index in [0.29, 0.717) is 33.5 Å². The van der Waals surface area contributed by atoms with Gasteiger partial charge in [0.25, 0.3) is 5.91 Å². The molecule has 0 aliphatic carbocycles. The quantitative estimate of drug-likeness (QED) is 0.567. The predicted octanol–water partition coefficient (Wildman–Crippen LogP) is 5.21. The molecule has 0 radical (unpaired) electrons. The second-order valence-corrected chi connectivity index (χ2v) is 6.52. The highest BCUT2D eigenvalue weighted by Gasteiger charge is 2.16. The van der Waals surface area contributed by atoms with E-state index in [1.54, 1.807) is 36.4 Å². The summed E-state index contributed by atoms with van der Waals surface area (Å²) < 4.78 is 11.7. The van der Waals surface area contributed by atoms with E-state index in [1.807, 2.05) is 12.1 Å². The first kappa shape index (κ1) is 17.4. The van der Waals surface area contributed by atoms with Crippen LogP contribution in [0.5, 0.6) is 5.75 Å². The van der Waals surface area contributed by atoms with Gasteiger partial charge in [0, 0.05) is 21.8 Å². The number of hydrogen-bond acceptors (Lipinski definition) is 4. The molecule has 0 aliphatic rings. The van der Waals surface area contributed by atoms with Crippen molar-refractivity contribution in [2.24, 2.45) is 0 Å². The number of methoxy groups -OCH3 is 1. The lowest BCUT2D eigenvalue weighted by Gasteiger charge is -2.09. The Labute approximate surface area is 157 Å². The number of furan rings is 1. The SMILES string of the molecule is COc1cc(N)ccc1NC(=O)c1ccc(-c2ccc(Br)cc2Cl)o1. The Balaban J connectivity index is 1.84. The molecule has 3 aromatic rings. The second kappa shape index (κ2) is 7.21. The number of nitrogens with one attached hydrogen (secondary N) is 1. The lowest BCUT2D eigenvalue weighted by Crippen LogP contribution is -2.11. The van der Waals surface area contributed by atoms with Gasteiger partial charge < -0.3 is 20.2 Å². The normalized spacial score (nSPS) is 10.5. The summed E-state index contributed by atoms with van der Waals surface area (Å²) in [5.74, 6) is 0.735. The van der Waals surface area contributed by atoms with Crippen LogP contribution >= 0.6 is 27.5 Å². The summed E-state index contributed by atoms with van der Waals surface area (Å²) in [5, 5.41) is 3.26. The first-order valence-electron chi connectivity index (χ1n) is 7.28. The van der Waals surface area contributed by atoms with Gasteiger partial charge >= 0.3 is 0 Å². The minimum Gasteiger partial charge on any atom is -0.494 e. The maximum Gasteiger partial charge on any atom is 0.291 e. The van der Waals surface area contributed by atoms with Crippen LogP contribution in [0.25, 0.3) is 11.3 Å². The average molecular weight is 422 g/mol. The molecular weight excluding hydrogens is 408 g/mol. The van der Waals surface area contributed by atoms with Crippen LogP contribution in [0.15, 0.2) is 57.4 Å². The summed E-state index contributed by atoms with van der Waals surface area (Å²) in [5.41, 5.74) is 7.46. The number of ether oxygens (including phenoxy) is 1. The van der Waals surface area contributed by atoms with E-state index in [4.69, 9.17) is 26.5 Å². The topological polar surface area (TPSA) is 77.5 Å². The Bertz CT molecular complexity index is 940. The Kier molecular flexibility index (Phi) is 5.01. The molecule has 0 spiro atoms. The van der Waals surface area contributed by atoms with Crippen LogP contribution in [0.2, 0.25) is 5.02 Å². The summed E-state index contributed by atoms with van der Waals surface area (Å²) in [6.45, 7) is 0. The molecule has 3 rings (SSSR count). The highest BCUT2D eigenvalue weighted by Crippen LogP contribution is 2.32. The molecule has 2 aromatic carbocycles. The van der Waals surface area contributed by atoms with Crippen LogP contribution in [0.1, 0.15) is 10.6 Å². The first-order chi connectivity index (χ1) is 12.0. The van der Waals surface area contributed by atoms with Crippen molar-refractivity contribution in [3.05, 3.63) is 63.8 Å². The monoisotopic (exact) mass is 420 g/mol. The third kappa shape index (κ3) is 3.81. The zero-order valence-corrected chi connectivity index (χ0v) is 15.5. The maximum absolute atomic E-state index is 12.4. The number of hydrogen-bond donors (Lipinski definition) is 2. The molecule has 128 valence electrons. The van der Waals surface area contributed by atoms with Crippen molar-refractivity contribution in [3.8, 4) is 17.1 Å². The highest BCUT2D eigenvalue weighted by molar-refractivity contribution is 9.10. The molecule has 1 heterocycles. The van der Waals surface area contributed by atoms with Crippen LogP contribution in [0, 0.1) is 0 Å². The van der Waals surface area contributed by atoms with E-state index in [1.165, 1.54) is 7.11 Å². The summed E-state index contributed by atoms with van der Waals surface area (Å²) in [7, 11) is 1.50. The molecule has 3 N–H and O–H groups in total. The summed E-state index contributed by atoms with van der Waals surface area (Å²) in [6, 6.07) is 13.7. The van der Waals surface area contributed by atoms with Gasteiger partial charge in [-0.3, -0.25) is 4.79 Å². The van der Waals surface area contributed by atoms with Crippen LogP contribution in [0.3, 0.4) is 0 Å². The Morgan fingerprint density at radius 2 is 2.00 bits per heavy atom. The highest BCUT2D eigenvalue weighted by atomic mass is 79.9. The van der Waals surface area contributed by atoms with Gasteiger partial charge in [-0.15, -0.1) is 0 Å². The molecule has 0 unspecified atom stereocenters. The molecule has 7 heteroatoms. The summed E-state index contributed by atoms with van der Waals surface area (Å²) in [6.07, 6.45) is 0. The van der Waals surface area contributed by atoms with Crippen molar-refractivity contribution >= 4 is 44.8 Å². The molecule has 1 aromatic heterocycles. The fourth-order valence-electron chi connectivity index (χ4n) is 2.29. The third-order valence-electron chi connectivity index (χ3n) is 3.50. The van der Waals surface area contributed by atoms with Crippen LogP contribution in [-0.2, 0) is 0 Å². The molecule has 0 saturated carbocycles. The first-order valence-corrected chi connectivity index (χ1v) is 8.45. The smallest absolute Gasteiger partial charge is 0.291 e. The maximum atomic E-state index is 12.4. The van der Waals surface area contributed by atoms with Gasteiger partial charge in [0.05, 0.1) is 17.8 Å². The molecular formula is C18H14BrClN2O3. The van der Waals surface area contributed by atoms with Crippen molar-refractivity contribution in [1.82, 2.24) is 0 Å². The van der Waals surface area contributed by atoms with E-state index in [2.05, 4.69) is 21.2 Å². The standard InChI is InChI=1S/C18H14BrClN2O3/c1-24-17-9-11(21)3-5-14(17)22-18(23)16-7-6-15(25-16)12-4-2-10(19)8-13(12)20/h2-9H,21H2,1H3,(H,22,23). The van der Waals surface area contributed by atoms with E-state index in [0.717, 1.165) is 4.47 Å². The molecule has 0 bridgehead atoms. The summed E-state index contributed by atoms with van der Waals surface area (Å²) in [4.78, 5) is 12.4. The molecule has 1 amide bonds. The Hall–Kier alpha value is -2.44. The number of rotatable bonds is 4. The average Bonchev–Trinajstić information content (AvgIpc) is 3.06. The summed E-state index contributed by atoms with van der Waals surface area (Å²) >= 11 is 9.57. The van der Waals surface area contributed by atoms with Crippen molar-refractivity contribution in [2.45, 2.75) is 0 Å². The van der Waals surface area contributed by atoms with Gasteiger partial charge in [0.1, 0.15) is 11.5 Å². The largest absolute Gasteiger partial charge is 0.494 e. The van der Waals surface area contributed by atoms with Crippen molar-refractivity contribution < 1.29 is 13.9 Å². The number of amides is 1. The van der Waals surface area contributed by atoms with Gasteiger partial charge in [0.2, 0.25) is 0 Å². The lowest BCUT2D eigenvalue weighted by atomic mass is 10.2. The van der Waals surface area contributed by atoms with E-state index < -0.39 is 5.91 Å². The number of carbonyl (C=O) groups excluding carboxylic acids is 1. The zero-order chi connectivity index (χ0) is 18.0. The fraction of sp³-hybridized carbons (Fsp3) is 0.0556. The van der Waals surface area contributed by atoms with Gasteiger partial charge in [-0.05, 0) is 42.5 Å². The van der Waals surface area contributed by atoms with E-state index >= 15 is 0 Å². The molecule has 0 atom stereocenters. The molecule has 0 saturated heterocycles. The van der Waals surface area contributed by atoms with Crippen molar-refractivity contribution in [3.63, 3.8) is 0 Å². The minimum atomic E-state index is -0.400. The number of carbonyl (C=O) groups is 1. The molecule has 5 nitrogen and oxygen atoms in total. The van der Waals surface area contributed by atoms with Gasteiger partial charge in [-0.2, -0.15) is 0 Å². The predicted molar refractivity (Wildman–Crippen MR) is 102 cm³/mol. The number of anilines is 2. The van der Waals surface area contributed by atoms with Crippen LogP contribution in [-0.4, -0.2) is 13.0 Å². The van der Waals surface area contributed by atoms with E-state index in [-0.39, 0.29) is 5.76 Å². The number of nitrogen functional groups attached to an aromatic ring is 1. The Morgan fingerprint density at radius 3 is 2.72 bits per heavy atom. The minimum absolute atomic E-state index is 0.160.